The zero-order valence-corrected chi connectivity index (χ0v) is 18.1. The van der Waals surface area contributed by atoms with Crippen molar-refractivity contribution in [2.24, 2.45) is 13.0 Å². The molecular formula is C22H22ClN3O3S. The molecular weight excluding hydrogens is 422 g/mol. The van der Waals surface area contributed by atoms with E-state index in [0.29, 0.717) is 33.7 Å². The highest BCUT2D eigenvalue weighted by Gasteiger charge is 2.22. The van der Waals surface area contributed by atoms with E-state index in [1.165, 1.54) is 0 Å². The zero-order valence-electron chi connectivity index (χ0n) is 16.5. The number of ether oxygens (including phenoxy) is 1. The summed E-state index contributed by atoms with van der Waals surface area (Å²) in [5.41, 5.74) is 2.35. The number of hydrogen-bond donors (Lipinski definition) is 1. The van der Waals surface area contributed by atoms with E-state index >= 15 is 0 Å². The molecule has 8 heteroatoms. The van der Waals surface area contributed by atoms with Crippen molar-refractivity contribution in [1.82, 2.24) is 9.78 Å². The maximum absolute atomic E-state index is 13.1. The van der Waals surface area contributed by atoms with Crippen molar-refractivity contribution in [3.05, 3.63) is 59.8 Å². The largest absolute Gasteiger partial charge is 0.381 e. The van der Waals surface area contributed by atoms with Crippen LogP contribution in [0.25, 0.3) is 11.3 Å². The number of amides is 1. The number of nitrogens with zero attached hydrogens (tertiary/aromatic N) is 2. The molecule has 0 aliphatic carbocycles. The summed E-state index contributed by atoms with van der Waals surface area (Å²) < 4.78 is 20.2. The molecule has 0 saturated carbocycles. The van der Waals surface area contributed by atoms with Gasteiger partial charge in [-0.3, -0.25) is 9.48 Å². The van der Waals surface area contributed by atoms with E-state index in [2.05, 4.69) is 10.4 Å². The molecule has 2 heterocycles. The average Bonchev–Trinajstić information content (AvgIpc) is 3.19. The molecule has 1 fully saturated rings. The first kappa shape index (κ1) is 20.8. The molecule has 1 N–H and O–H groups in total. The van der Waals surface area contributed by atoms with Gasteiger partial charge in [-0.05, 0) is 49.2 Å². The fourth-order valence-electron chi connectivity index (χ4n) is 3.49. The van der Waals surface area contributed by atoms with Crippen molar-refractivity contribution in [3.8, 4) is 11.3 Å². The molecule has 30 heavy (non-hydrogen) atoms. The number of benzene rings is 2. The van der Waals surface area contributed by atoms with Crippen LogP contribution in [0, 0.1) is 5.92 Å². The second-order valence-electron chi connectivity index (χ2n) is 7.15. The van der Waals surface area contributed by atoms with Crippen molar-refractivity contribution in [1.29, 1.82) is 0 Å². The predicted octanol–water partition coefficient (Wildman–Crippen LogP) is 4.27. The van der Waals surface area contributed by atoms with Crippen molar-refractivity contribution in [2.45, 2.75) is 22.6 Å². The number of aryl methyl sites for hydroxylation is 1. The summed E-state index contributed by atoms with van der Waals surface area (Å²) in [7, 11) is 0.420. The number of carbonyl (C=O) groups is 1. The van der Waals surface area contributed by atoms with Gasteiger partial charge in [-0.1, -0.05) is 23.7 Å². The van der Waals surface area contributed by atoms with Crippen molar-refractivity contribution in [2.75, 3.05) is 18.5 Å². The van der Waals surface area contributed by atoms with Crippen LogP contribution in [0.15, 0.2) is 64.5 Å². The Morgan fingerprint density at radius 1 is 1.17 bits per heavy atom. The third kappa shape index (κ3) is 4.48. The monoisotopic (exact) mass is 443 g/mol. The summed E-state index contributed by atoms with van der Waals surface area (Å²) in [6.45, 7) is 1.22. The molecule has 0 spiro atoms. The van der Waals surface area contributed by atoms with Crippen LogP contribution < -0.4 is 5.32 Å². The van der Waals surface area contributed by atoms with E-state index in [0.717, 1.165) is 24.1 Å². The number of hydrogen-bond acceptors (Lipinski definition) is 4. The molecule has 1 aromatic heterocycles. The molecule has 6 nitrogen and oxygen atoms in total. The quantitative estimate of drug-likeness (QED) is 0.639. The minimum absolute atomic E-state index is 0.0233. The number of carbonyl (C=O) groups excluding carboxylic acids is 1. The summed E-state index contributed by atoms with van der Waals surface area (Å²) in [5, 5.41) is 7.61. The van der Waals surface area contributed by atoms with Crippen LogP contribution in [0.2, 0.25) is 5.02 Å². The van der Waals surface area contributed by atoms with Gasteiger partial charge < -0.3 is 10.1 Å². The van der Waals surface area contributed by atoms with Crippen LogP contribution in [0.1, 0.15) is 12.8 Å². The van der Waals surface area contributed by atoms with Gasteiger partial charge >= 0.3 is 0 Å². The first-order chi connectivity index (χ1) is 14.5. The van der Waals surface area contributed by atoms with Crippen LogP contribution in [0.4, 0.5) is 5.69 Å². The first-order valence-corrected chi connectivity index (χ1v) is 11.2. The number of nitrogens with one attached hydrogen (secondary N) is 1. The minimum atomic E-state index is -1.43. The predicted molar refractivity (Wildman–Crippen MR) is 117 cm³/mol. The van der Waals surface area contributed by atoms with Gasteiger partial charge in [0.05, 0.1) is 21.5 Å². The summed E-state index contributed by atoms with van der Waals surface area (Å²) in [6.07, 6.45) is 3.15. The highest BCUT2D eigenvalue weighted by molar-refractivity contribution is 7.85. The number of halogens is 1. The van der Waals surface area contributed by atoms with Crippen molar-refractivity contribution < 1.29 is 13.7 Å². The van der Waals surface area contributed by atoms with Crippen molar-refractivity contribution in [3.63, 3.8) is 0 Å². The van der Waals surface area contributed by atoms with Gasteiger partial charge in [0.2, 0.25) is 5.91 Å². The smallest absolute Gasteiger partial charge is 0.227 e. The van der Waals surface area contributed by atoms with Gasteiger partial charge in [-0.15, -0.1) is 0 Å². The maximum Gasteiger partial charge on any atom is 0.227 e. The number of rotatable bonds is 5. The van der Waals surface area contributed by atoms with Crippen molar-refractivity contribution >= 4 is 34.0 Å². The summed E-state index contributed by atoms with van der Waals surface area (Å²) in [6, 6.07) is 14.4. The van der Waals surface area contributed by atoms with Crippen LogP contribution in [-0.2, 0) is 27.4 Å². The topological polar surface area (TPSA) is 73.2 Å². The second-order valence-corrected chi connectivity index (χ2v) is 9.04. The molecule has 1 unspecified atom stereocenters. The van der Waals surface area contributed by atoms with E-state index in [9.17, 15) is 9.00 Å². The summed E-state index contributed by atoms with van der Waals surface area (Å²) in [4.78, 5) is 13.7. The maximum atomic E-state index is 13.1. The van der Waals surface area contributed by atoms with Gasteiger partial charge in [-0.2, -0.15) is 5.10 Å². The molecule has 1 aliphatic rings. The SMILES string of the molecule is Cn1nccc1-c1ccc(S(=O)c2cccc(NC(=O)C3CCOCC3)c2)cc1Cl. The van der Waals surface area contributed by atoms with E-state index in [4.69, 9.17) is 16.3 Å². The Labute approximate surface area is 182 Å². The van der Waals surface area contributed by atoms with E-state index in [1.807, 2.05) is 19.2 Å². The number of anilines is 1. The molecule has 0 radical (unpaired) electrons. The fraction of sp³-hybridized carbons (Fsp3) is 0.273. The van der Waals surface area contributed by atoms with E-state index < -0.39 is 10.8 Å². The van der Waals surface area contributed by atoms with Crippen LogP contribution >= 0.6 is 11.6 Å². The third-order valence-electron chi connectivity index (χ3n) is 5.16. The molecule has 156 valence electrons. The normalized spacial score (nSPS) is 15.7. The van der Waals surface area contributed by atoms with Crippen LogP contribution in [0.3, 0.4) is 0 Å². The molecule has 1 atom stereocenters. The Hall–Kier alpha value is -2.48. The summed E-state index contributed by atoms with van der Waals surface area (Å²) in [5.74, 6) is -0.0731. The zero-order chi connectivity index (χ0) is 21.1. The van der Waals surface area contributed by atoms with Gasteiger partial charge in [-0.25, -0.2) is 4.21 Å². The van der Waals surface area contributed by atoms with Gasteiger partial charge in [0.15, 0.2) is 0 Å². The van der Waals surface area contributed by atoms with E-state index in [-0.39, 0.29) is 11.8 Å². The molecule has 1 aliphatic heterocycles. The third-order valence-corrected chi connectivity index (χ3v) is 6.84. The van der Waals surface area contributed by atoms with E-state index in [1.54, 1.807) is 47.3 Å². The highest BCUT2D eigenvalue weighted by Crippen LogP contribution is 2.31. The Morgan fingerprint density at radius 3 is 2.63 bits per heavy atom. The molecule has 4 rings (SSSR count). The van der Waals surface area contributed by atoms with Crippen LogP contribution in [-0.4, -0.2) is 33.1 Å². The first-order valence-electron chi connectivity index (χ1n) is 9.71. The summed E-state index contributed by atoms with van der Waals surface area (Å²) >= 11 is 6.47. The van der Waals surface area contributed by atoms with Gasteiger partial charge in [0, 0.05) is 53.4 Å². The lowest BCUT2D eigenvalue weighted by Gasteiger charge is -2.21. The van der Waals surface area contributed by atoms with Crippen LogP contribution in [0.5, 0.6) is 0 Å². The standard InChI is InChI=1S/C22H22ClN3O3S/c1-26-21(7-10-24-26)19-6-5-18(14-20(19)23)30(28)17-4-2-3-16(13-17)25-22(27)15-8-11-29-12-9-15/h2-7,10,13-15H,8-9,11-12H2,1H3,(H,25,27). The lowest BCUT2D eigenvalue weighted by Crippen LogP contribution is -2.28. The average molecular weight is 444 g/mol. The lowest BCUT2D eigenvalue weighted by molar-refractivity contribution is -0.122. The highest BCUT2D eigenvalue weighted by atomic mass is 35.5. The molecule has 2 aromatic carbocycles. The Bertz CT molecular complexity index is 1090. The Morgan fingerprint density at radius 2 is 1.93 bits per heavy atom. The fourth-order valence-corrected chi connectivity index (χ4v) is 4.95. The van der Waals surface area contributed by atoms with Gasteiger partial charge in [0.25, 0.3) is 0 Å². The Balaban J connectivity index is 1.52. The lowest BCUT2D eigenvalue weighted by atomic mass is 9.99. The molecule has 3 aromatic rings. The minimum Gasteiger partial charge on any atom is -0.381 e. The number of aromatic nitrogens is 2. The molecule has 1 saturated heterocycles. The Kier molecular flexibility index (Phi) is 6.32. The van der Waals surface area contributed by atoms with Gasteiger partial charge in [0.1, 0.15) is 0 Å². The molecule has 0 bridgehead atoms. The molecule has 1 amide bonds. The second kappa shape index (κ2) is 9.12.